The van der Waals surface area contributed by atoms with Crippen LogP contribution in [0.25, 0.3) is 0 Å². The van der Waals surface area contributed by atoms with Gasteiger partial charge >= 0.3 is 0 Å². The average Bonchev–Trinajstić information content (AvgIpc) is 2.54. The Labute approximate surface area is 132 Å². The summed E-state index contributed by atoms with van der Waals surface area (Å²) >= 11 is 1.20. The van der Waals surface area contributed by atoms with Crippen molar-refractivity contribution in [3.05, 3.63) is 52.4 Å². The van der Waals surface area contributed by atoms with E-state index in [0.717, 1.165) is 17.7 Å². The molecular formula is C15H17N3O3S. The third kappa shape index (κ3) is 5.25. The summed E-state index contributed by atoms with van der Waals surface area (Å²) in [7, 11) is 1.63. The lowest BCUT2D eigenvalue weighted by Gasteiger charge is -2.06. The predicted molar refractivity (Wildman–Crippen MR) is 85.3 cm³/mol. The Balaban J connectivity index is 1.70. The first-order valence-electron chi connectivity index (χ1n) is 6.75. The van der Waals surface area contributed by atoms with Crippen LogP contribution in [0.1, 0.15) is 5.56 Å². The van der Waals surface area contributed by atoms with E-state index >= 15 is 0 Å². The molecule has 0 unspecified atom stereocenters. The molecule has 2 rings (SSSR count). The minimum atomic E-state index is -0.225. The second kappa shape index (κ2) is 8.23. The number of thioether (sulfide) groups is 1. The van der Waals surface area contributed by atoms with Crippen molar-refractivity contribution in [1.29, 1.82) is 0 Å². The van der Waals surface area contributed by atoms with Crippen molar-refractivity contribution < 1.29 is 9.53 Å². The zero-order valence-electron chi connectivity index (χ0n) is 12.2. The maximum atomic E-state index is 11.7. The van der Waals surface area contributed by atoms with Crippen LogP contribution >= 0.6 is 11.8 Å². The molecule has 22 heavy (non-hydrogen) atoms. The van der Waals surface area contributed by atoms with E-state index in [-0.39, 0.29) is 17.2 Å². The molecule has 0 aliphatic carbocycles. The number of carbonyl (C=O) groups is 1. The van der Waals surface area contributed by atoms with Crippen LogP contribution in [0.3, 0.4) is 0 Å². The summed E-state index contributed by atoms with van der Waals surface area (Å²) in [4.78, 5) is 29.3. The van der Waals surface area contributed by atoms with Crippen LogP contribution in [-0.2, 0) is 11.2 Å². The van der Waals surface area contributed by atoms with Gasteiger partial charge in [-0.25, -0.2) is 4.98 Å². The SMILES string of the molecule is COc1ccc(CCNC(=O)CSc2nccc(=O)[nH]2)cc1. The van der Waals surface area contributed by atoms with Crippen LogP contribution in [0, 0.1) is 0 Å². The van der Waals surface area contributed by atoms with E-state index in [0.29, 0.717) is 11.7 Å². The summed E-state index contributed by atoms with van der Waals surface area (Å²) in [5.41, 5.74) is 0.903. The Morgan fingerprint density at radius 3 is 2.77 bits per heavy atom. The first kappa shape index (κ1) is 16.1. The van der Waals surface area contributed by atoms with Crippen LogP contribution in [-0.4, -0.2) is 35.3 Å². The van der Waals surface area contributed by atoms with E-state index in [2.05, 4.69) is 15.3 Å². The highest BCUT2D eigenvalue weighted by Gasteiger charge is 2.04. The van der Waals surface area contributed by atoms with Crippen LogP contribution < -0.4 is 15.6 Å². The van der Waals surface area contributed by atoms with E-state index in [1.165, 1.54) is 24.0 Å². The number of nitrogens with zero attached hydrogens (tertiary/aromatic N) is 1. The van der Waals surface area contributed by atoms with Gasteiger partial charge in [0.2, 0.25) is 5.91 Å². The maximum Gasteiger partial charge on any atom is 0.251 e. The fourth-order valence-corrected chi connectivity index (χ4v) is 2.43. The number of carbonyl (C=O) groups excluding carboxylic acids is 1. The Hall–Kier alpha value is -2.28. The summed E-state index contributed by atoms with van der Waals surface area (Å²) in [6.45, 7) is 0.560. The van der Waals surface area contributed by atoms with Crippen molar-refractivity contribution in [2.24, 2.45) is 0 Å². The maximum absolute atomic E-state index is 11.7. The number of hydrogen-bond acceptors (Lipinski definition) is 5. The number of hydrogen-bond donors (Lipinski definition) is 2. The van der Waals surface area contributed by atoms with Gasteiger partial charge in [0, 0.05) is 18.8 Å². The molecule has 0 atom stereocenters. The largest absolute Gasteiger partial charge is 0.497 e. The number of amides is 1. The van der Waals surface area contributed by atoms with Crippen LogP contribution in [0.5, 0.6) is 5.75 Å². The highest BCUT2D eigenvalue weighted by Crippen LogP contribution is 2.11. The summed E-state index contributed by atoms with van der Waals surface area (Å²) in [5, 5.41) is 3.28. The summed E-state index contributed by atoms with van der Waals surface area (Å²) in [6.07, 6.45) is 2.17. The number of aromatic amines is 1. The van der Waals surface area contributed by atoms with Crippen molar-refractivity contribution in [2.75, 3.05) is 19.4 Å². The second-order valence-corrected chi connectivity index (χ2v) is 5.44. The molecule has 7 heteroatoms. The lowest BCUT2D eigenvalue weighted by Crippen LogP contribution is -2.27. The zero-order chi connectivity index (χ0) is 15.8. The van der Waals surface area contributed by atoms with Gasteiger partial charge in [0.1, 0.15) is 5.75 Å². The van der Waals surface area contributed by atoms with Crippen molar-refractivity contribution in [3.8, 4) is 5.75 Å². The van der Waals surface area contributed by atoms with Gasteiger partial charge in [-0.15, -0.1) is 0 Å². The van der Waals surface area contributed by atoms with Crippen LogP contribution in [0.4, 0.5) is 0 Å². The molecule has 2 aromatic rings. The number of H-pyrrole nitrogens is 1. The fourth-order valence-electron chi connectivity index (χ4n) is 1.75. The van der Waals surface area contributed by atoms with Gasteiger partial charge in [-0.2, -0.15) is 0 Å². The number of aromatic nitrogens is 2. The first-order valence-corrected chi connectivity index (χ1v) is 7.73. The molecule has 0 bridgehead atoms. The monoisotopic (exact) mass is 319 g/mol. The molecule has 0 spiro atoms. The molecule has 0 radical (unpaired) electrons. The van der Waals surface area contributed by atoms with E-state index in [9.17, 15) is 9.59 Å². The van der Waals surface area contributed by atoms with Crippen molar-refractivity contribution in [3.63, 3.8) is 0 Å². The lowest BCUT2D eigenvalue weighted by atomic mass is 10.1. The van der Waals surface area contributed by atoms with Gasteiger partial charge in [-0.05, 0) is 24.1 Å². The number of rotatable bonds is 7. The normalized spacial score (nSPS) is 10.2. The van der Waals surface area contributed by atoms with Gasteiger partial charge in [0.05, 0.1) is 12.9 Å². The number of methoxy groups -OCH3 is 1. The van der Waals surface area contributed by atoms with E-state index in [1.54, 1.807) is 7.11 Å². The molecule has 6 nitrogen and oxygen atoms in total. The molecule has 0 aliphatic heterocycles. The smallest absolute Gasteiger partial charge is 0.251 e. The number of nitrogens with one attached hydrogen (secondary N) is 2. The van der Waals surface area contributed by atoms with Crippen molar-refractivity contribution in [1.82, 2.24) is 15.3 Å². The van der Waals surface area contributed by atoms with Crippen LogP contribution in [0.2, 0.25) is 0 Å². The summed E-state index contributed by atoms with van der Waals surface area (Å²) < 4.78 is 5.09. The third-order valence-electron chi connectivity index (χ3n) is 2.88. The fraction of sp³-hybridized carbons (Fsp3) is 0.267. The predicted octanol–water partition coefficient (Wildman–Crippen LogP) is 1.23. The minimum absolute atomic E-state index is 0.0926. The van der Waals surface area contributed by atoms with Crippen molar-refractivity contribution >= 4 is 17.7 Å². The molecular weight excluding hydrogens is 302 g/mol. The molecule has 0 aliphatic rings. The Morgan fingerprint density at radius 1 is 1.32 bits per heavy atom. The minimum Gasteiger partial charge on any atom is -0.497 e. The molecule has 1 amide bonds. The molecule has 1 heterocycles. The highest BCUT2D eigenvalue weighted by atomic mass is 32.2. The second-order valence-electron chi connectivity index (χ2n) is 4.48. The lowest BCUT2D eigenvalue weighted by molar-refractivity contribution is -0.118. The summed E-state index contributed by atoms with van der Waals surface area (Å²) in [6, 6.07) is 9.06. The zero-order valence-corrected chi connectivity index (χ0v) is 13.0. The van der Waals surface area contributed by atoms with Gasteiger partial charge in [-0.1, -0.05) is 23.9 Å². The highest BCUT2D eigenvalue weighted by molar-refractivity contribution is 7.99. The van der Waals surface area contributed by atoms with E-state index < -0.39 is 0 Å². The first-order chi connectivity index (χ1) is 10.7. The topological polar surface area (TPSA) is 84.1 Å². The Morgan fingerprint density at radius 2 is 2.09 bits per heavy atom. The Bertz CT molecular complexity index is 670. The Kier molecular flexibility index (Phi) is 6.02. The molecule has 1 aromatic heterocycles. The molecule has 2 N–H and O–H groups in total. The van der Waals surface area contributed by atoms with E-state index in [4.69, 9.17) is 4.74 Å². The van der Waals surface area contributed by atoms with Gasteiger partial charge in [-0.3, -0.25) is 9.59 Å². The van der Waals surface area contributed by atoms with Gasteiger partial charge < -0.3 is 15.0 Å². The molecule has 0 fully saturated rings. The molecule has 0 saturated carbocycles. The third-order valence-corrected chi connectivity index (χ3v) is 3.77. The quantitative estimate of drug-likeness (QED) is 0.592. The van der Waals surface area contributed by atoms with Gasteiger partial charge in [0.25, 0.3) is 5.56 Å². The van der Waals surface area contributed by atoms with Gasteiger partial charge in [0.15, 0.2) is 5.16 Å². The van der Waals surface area contributed by atoms with Crippen LogP contribution in [0.15, 0.2) is 46.5 Å². The number of ether oxygens (including phenoxy) is 1. The van der Waals surface area contributed by atoms with Crippen molar-refractivity contribution in [2.45, 2.75) is 11.6 Å². The molecule has 116 valence electrons. The molecule has 1 aromatic carbocycles. The summed E-state index contributed by atoms with van der Waals surface area (Å²) in [5.74, 6) is 0.939. The van der Waals surface area contributed by atoms with E-state index in [1.807, 2.05) is 24.3 Å². The number of benzene rings is 1. The average molecular weight is 319 g/mol. The molecule has 0 saturated heterocycles. The standard InChI is InChI=1S/C15H17N3O3S/c1-21-12-4-2-11(3-5-12)6-8-16-14(20)10-22-15-17-9-7-13(19)18-15/h2-5,7,9H,6,8,10H2,1H3,(H,16,20)(H,17,18,19).